The van der Waals surface area contributed by atoms with Crippen LogP contribution in [0.1, 0.15) is 40.5 Å². The second-order valence-corrected chi connectivity index (χ2v) is 12.4. The summed E-state index contributed by atoms with van der Waals surface area (Å²) in [5.41, 5.74) is 0.782. The highest BCUT2D eigenvalue weighted by Gasteiger charge is 2.51. The van der Waals surface area contributed by atoms with Crippen LogP contribution in [0.25, 0.3) is 0 Å². The smallest absolute Gasteiger partial charge is 0.399 e. The fraction of sp³-hybridized carbons (Fsp3) is 0.500. The van der Waals surface area contributed by atoms with Crippen LogP contribution in [0.3, 0.4) is 0 Å². The summed E-state index contributed by atoms with van der Waals surface area (Å²) in [5, 5.41) is 4.71. The number of thiophene rings is 1. The average Bonchev–Trinajstić information content (AvgIpc) is 3.36. The lowest BCUT2D eigenvalue weighted by Gasteiger charge is -2.32. The highest BCUT2D eigenvalue weighted by atomic mass is 32.2. The van der Waals surface area contributed by atoms with Crippen molar-refractivity contribution in [3.63, 3.8) is 0 Å². The van der Waals surface area contributed by atoms with Gasteiger partial charge in [-0.2, -0.15) is 4.31 Å². The molecular weight excluding hydrogens is 447 g/mol. The zero-order chi connectivity index (χ0) is 23.1. The van der Waals surface area contributed by atoms with Crippen molar-refractivity contribution in [3.05, 3.63) is 41.8 Å². The molecule has 10 heteroatoms. The molecule has 0 unspecified atom stereocenters. The van der Waals surface area contributed by atoms with Gasteiger partial charge in [0.1, 0.15) is 4.21 Å². The van der Waals surface area contributed by atoms with Crippen molar-refractivity contribution in [2.24, 2.45) is 5.92 Å². The molecule has 1 aromatic heterocycles. The van der Waals surface area contributed by atoms with Gasteiger partial charge in [-0.1, -0.05) is 18.2 Å². The van der Waals surface area contributed by atoms with Gasteiger partial charge in [0.25, 0.3) is 10.0 Å². The number of nitrogens with one attached hydrogen (secondary N) is 1. The summed E-state index contributed by atoms with van der Waals surface area (Å²) in [4.78, 5) is 12.7. The highest BCUT2D eigenvalue weighted by molar-refractivity contribution is 7.91. The average molecular weight is 476 g/mol. The minimum Gasteiger partial charge on any atom is -0.399 e. The Morgan fingerprint density at radius 1 is 1.06 bits per heavy atom. The van der Waals surface area contributed by atoms with Crippen LogP contribution in [0.5, 0.6) is 0 Å². The monoisotopic (exact) mass is 476 g/mol. The summed E-state index contributed by atoms with van der Waals surface area (Å²) < 4.78 is 39.3. The third-order valence-corrected chi connectivity index (χ3v) is 9.89. The van der Waals surface area contributed by atoms with Gasteiger partial charge in [0.05, 0.1) is 11.2 Å². The molecule has 2 fully saturated rings. The standard InChI is InChI=1S/C22H29BN2O5S2/c1-21(2)22(3,4)30-23(29-21)17-7-9-18(10-8-17)24-20(26)16-11-13-25(14-12-16)32(27,28)19-6-5-15-31-19/h5-10,15-16H,11-14H2,1-4H3,(H,24,26). The first-order chi connectivity index (χ1) is 15.0. The third-order valence-electron chi connectivity index (χ3n) is 6.62. The molecule has 7 nitrogen and oxygen atoms in total. The molecule has 0 spiro atoms. The van der Waals surface area contributed by atoms with E-state index in [4.69, 9.17) is 9.31 Å². The summed E-state index contributed by atoms with van der Waals surface area (Å²) in [6.07, 6.45) is 1.00. The summed E-state index contributed by atoms with van der Waals surface area (Å²) >= 11 is 1.22. The second-order valence-electron chi connectivity index (χ2n) is 9.31. The van der Waals surface area contributed by atoms with E-state index in [1.807, 2.05) is 52.0 Å². The van der Waals surface area contributed by atoms with Crippen LogP contribution < -0.4 is 10.8 Å². The molecule has 0 radical (unpaired) electrons. The highest BCUT2D eigenvalue weighted by Crippen LogP contribution is 2.36. The Bertz CT molecular complexity index is 1040. The molecule has 0 atom stereocenters. The molecule has 1 amide bonds. The first-order valence-electron chi connectivity index (χ1n) is 10.8. The third kappa shape index (κ3) is 4.52. The Balaban J connectivity index is 1.32. The molecular formula is C22H29BN2O5S2. The Hall–Kier alpha value is -1.72. The van der Waals surface area contributed by atoms with Crippen molar-refractivity contribution in [2.75, 3.05) is 18.4 Å². The van der Waals surface area contributed by atoms with Crippen molar-refractivity contribution in [1.82, 2.24) is 4.31 Å². The number of benzene rings is 1. The molecule has 3 heterocycles. The van der Waals surface area contributed by atoms with E-state index in [0.29, 0.717) is 35.8 Å². The molecule has 2 aliphatic heterocycles. The number of piperidine rings is 1. The minimum atomic E-state index is -3.46. The second kappa shape index (κ2) is 8.57. The van der Waals surface area contributed by atoms with Gasteiger partial charge in [0.15, 0.2) is 0 Å². The van der Waals surface area contributed by atoms with Crippen molar-refractivity contribution in [3.8, 4) is 0 Å². The molecule has 1 N–H and O–H groups in total. The Morgan fingerprint density at radius 2 is 1.66 bits per heavy atom. The van der Waals surface area contributed by atoms with Crippen LogP contribution in [-0.2, 0) is 24.1 Å². The summed E-state index contributed by atoms with van der Waals surface area (Å²) in [6, 6.07) is 10.8. The van der Waals surface area contributed by atoms with Crippen LogP contribution in [0.4, 0.5) is 5.69 Å². The Labute approximate surface area is 194 Å². The number of rotatable bonds is 5. The fourth-order valence-corrected chi connectivity index (χ4v) is 6.46. The maximum absolute atomic E-state index is 12.7. The van der Waals surface area contributed by atoms with E-state index in [1.54, 1.807) is 17.5 Å². The number of nitrogens with zero attached hydrogens (tertiary/aromatic N) is 1. The molecule has 4 rings (SSSR count). The molecule has 0 bridgehead atoms. The van der Waals surface area contributed by atoms with Gasteiger partial charge in [-0.3, -0.25) is 4.79 Å². The van der Waals surface area contributed by atoms with Gasteiger partial charge >= 0.3 is 7.12 Å². The number of carbonyl (C=O) groups is 1. The Morgan fingerprint density at radius 3 is 2.19 bits per heavy atom. The first-order valence-corrected chi connectivity index (χ1v) is 13.1. The number of anilines is 1. The van der Waals surface area contributed by atoms with E-state index in [-0.39, 0.29) is 11.8 Å². The van der Waals surface area contributed by atoms with Crippen LogP contribution in [0.2, 0.25) is 0 Å². The number of sulfonamides is 1. The SMILES string of the molecule is CC1(C)OB(c2ccc(NC(=O)C3CCN(S(=O)(=O)c4cccs4)CC3)cc2)OC1(C)C. The lowest BCUT2D eigenvalue weighted by molar-refractivity contribution is -0.120. The van der Waals surface area contributed by atoms with E-state index in [0.717, 1.165) is 5.46 Å². The fourth-order valence-electron chi connectivity index (χ4n) is 3.84. The number of hydrogen-bond donors (Lipinski definition) is 1. The normalized spacial score (nSPS) is 21.6. The molecule has 1 aromatic carbocycles. The minimum absolute atomic E-state index is 0.0819. The van der Waals surface area contributed by atoms with Gasteiger partial charge in [0.2, 0.25) is 5.91 Å². The van der Waals surface area contributed by atoms with Gasteiger partial charge in [-0.05, 0) is 69.6 Å². The van der Waals surface area contributed by atoms with Crippen LogP contribution >= 0.6 is 11.3 Å². The van der Waals surface area contributed by atoms with E-state index in [9.17, 15) is 13.2 Å². The molecule has 172 valence electrons. The summed E-state index contributed by atoms with van der Waals surface area (Å²) in [5.74, 6) is -0.297. The van der Waals surface area contributed by atoms with Crippen molar-refractivity contribution in [1.29, 1.82) is 0 Å². The molecule has 0 saturated carbocycles. The van der Waals surface area contributed by atoms with Gasteiger partial charge < -0.3 is 14.6 Å². The first kappa shape index (κ1) is 23.4. The van der Waals surface area contributed by atoms with Gasteiger partial charge in [0, 0.05) is 24.7 Å². The number of amides is 1. The van der Waals surface area contributed by atoms with Crippen LogP contribution in [-0.4, -0.2) is 50.0 Å². The van der Waals surface area contributed by atoms with Crippen LogP contribution in [0.15, 0.2) is 46.0 Å². The Kier molecular flexibility index (Phi) is 6.28. The van der Waals surface area contributed by atoms with E-state index in [2.05, 4.69) is 5.32 Å². The van der Waals surface area contributed by atoms with Gasteiger partial charge in [-0.25, -0.2) is 8.42 Å². The quantitative estimate of drug-likeness (QED) is 0.671. The predicted octanol–water partition coefficient (Wildman–Crippen LogP) is 3.09. The lowest BCUT2D eigenvalue weighted by Crippen LogP contribution is -2.41. The number of hydrogen-bond acceptors (Lipinski definition) is 6. The lowest BCUT2D eigenvalue weighted by atomic mass is 9.79. The maximum Gasteiger partial charge on any atom is 0.494 e. The molecule has 0 aliphatic carbocycles. The molecule has 2 aliphatic rings. The predicted molar refractivity (Wildman–Crippen MR) is 127 cm³/mol. The van der Waals surface area contributed by atoms with Crippen molar-refractivity contribution < 1.29 is 22.5 Å². The molecule has 32 heavy (non-hydrogen) atoms. The van der Waals surface area contributed by atoms with Crippen molar-refractivity contribution in [2.45, 2.75) is 55.9 Å². The summed E-state index contributed by atoms with van der Waals surface area (Å²) in [6.45, 7) is 8.74. The van der Waals surface area contributed by atoms with E-state index in [1.165, 1.54) is 15.6 Å². The molecule has 2 saturated heterocycles. The number of carbonyl (C=O) groups excluding carboxylic acids is 1. The molecule has 2 aromatic rings. The topological polar surface area (TPSA) is 84.9 Å². The zero-order valence-corrected chi connectivity index (χ0v) is 20.5. The zero-order valence-electron chi connectivity index (χ0n) is 18.8. The maximum atomic E-state index is 12.7. The van der Waals surface area contributed by atoms with Crippen LogP contribution in [0, 0.1) is 5.92 Å². The van der Waals surface area contributed by atoms with E-state index < -0.39 is 28.3 Å². The van der Waals surface area contributed by atoms with E-state index >= 15 is 0 Å². The van der Waals surface area contributed by atoms with Crippen molar-refractivity contribution >= 4 is 45.5 Å². The van der Waals surface area contributed by atoms with Gasteiger partial charge in [-0.15, -0.1) is 11.3 Å². The largest absolute Gasteiger partial charge is 0.494 e. The summed E-state index contributed by atoms with van der Waals surface area (Å²) in [7, 11) is -3.90.